The molecule has 0 N–H and O–H groups in total. The van der Waals surface area contributed by atoms with Crippen molar-refractivity contribution in [2.24, 2.45) is 0 Å². The van der Waals surface area contributed by atoms with Crippen LogP contribution in [-0.4, -0.2) is 13.4 Å². The third-order valence-corrected chi connectivity index (χ3v) is 2.85. The van der Waals surface area contributed by atoms with Gasteiger partial charge in [-0.1, -0.05) is 30.0 Å². The highest BCUT2D eigenvalue weighted by atomic mass is 16.5. The van der Waals surface area contributed by atoms with Crippen LogP contribution in [0.4, 0.5) is 0 Å². The molecule has 0 amide bonds. The van der Waals surface area contributed by atoms with Crippen molar-refractivity contribution < 1.29 is 9.53 Å². The molecule has 2 nitrogen and oxygen atoms in total. The zero-order valence-electron chi connectivity index (χ0n) is 10.9. The predicted octanol–water partition coefficient (Wildman–Crippen LogP) is 3.22. The third kappa shape index (κ3) is 3.02. The molecule has 0 heterocycles. The van der Waals surface area contributed by atoms with Gasteiger partial charge in [-0.2, -0.15) is 0 Å². The lowest BCUT2D eigenvalue weighted by Crippen LogP contribution is -1.88. The minimum absolute atomic E-state index is 0.612. The van der Waals surface area contributed by atoms with E-state index < -0.39 is 0 Å². The molecule has 94 valence electrons. The van der Waals surface area contributed by atoms with Gasteiger partial charge < -0.3 is 4.74 Å². The van der Waals surface area contributed by atoms with Crippen LogP contribution in [0.25, 0.3) is 0 Å². The fraction of sp³-hybridized carbons (Fsp3) is 0.118. The van der Waals surface area contributed by atoms with Gasteiger partial charge >= 0.3 is 0 Å². The molecular formula is C17H14O2. The molecule has 0 spiro atoms. The number of benzene rings is 2. The van der Waals surface area contributed by atoms with Gasteiger partial charge in [0, 0.05) is 16.7 Å². The highest BCUT2D eigenvalue weighted by Crippen LogP contribution is 2.16. The van der Waals surface area contributed by atoms with Gasteiger partial charge in [-0.15, -0.1) is 0 Å². The molecule has 0 unspecified atom stereocenters. The van der Waals surface area contributed by atoms with Gasteiger partial charge in [-0.3, -0.25) is 4.79 Å². The van der Waals surface area contributed by atoms with Crippen LogP contribution in [0.5, 0.6) is 5.75 Å². The number of carbonyl (C=O) groups excluding carboxylic acids is 1. The van der Waals surface area contributed by atoms with Crippen LogP contribution in [0.3, 0.4) is 0 Å². The molecule has 0 saturated heterocycles. The Morgan fingerprint density at radius 1 is 1.05 bits per heavy atom. The molecule has 0 radical (unpaired) electrons. The zero-order valence-corrected chi connectivity index (χ0v) is 10.9. The first-order chi connectivity index (χ1) is 9.24. The Morgan fingerprint density at radius 2 is 1.79 bits per heavy atom. The molecular weight excluding hydrogens is 236 g/mol. The fourth-order valence-corrected chi connectivity index (χ4v) is 1.75. The Balaban J connectivity index is 2.36. The van der Waals surface area contributed by atoms with Crippen LogP contribution in [0.2, 0.25) is 0 Å². The van der Waals surface area contributed by atoms with Crippen molar-refractivity contribution in [1.82, 2.24) is 0 Å². The molecule has 0 fully saturated rings. The summed E-state index contributed by atoms with van der Waals surface area (Å²) >= 11 is 0. The maximum Gasteiger partial charge on any atom is 0.151 e. The molecule has 0 atom stereocenters. The molecule has 19 heavy (non-hydrogen) atoms. The number of hydrogen-bond donors (Lipinski definition) is 0. The van der Waals surface area contributed by atoms with E-state index in [1.165, 1.54) is 0 Å². The number of aldehydes is 1. The average Bonchev–Trinajstić information content (AvgIpc) is 2.46. The molecule has 0 saturated carbocycles. The number of aryl methyl sites for hydroxylation is 1. The molecule has 2 aromatic rings. The molecule has 2 rings (SSSR count). The van der Waals surface area contributed by atoms with Crippen molar-refractivity contribution in [3.63, 3.8) is 0 Å². The van der Waals surface area contributed by atoms with Gasteiger partial charge in [0.15, 0.2) is 6.29 Å². The Hall–Kier alpha value is -2.53. The SMILES string of the molecule is COc1ccc(C#Cc2ccccc2C=O)c(C)c1. The lowest BCUT2D eigenvalue weighted by Gasteiger charge is -2.02. The lowest BCUT2D eigenvalue weighted by molar-refractivity contribution is 0.112. The Morgan fingerprint density at radius 3 is 2.47 bits per heavy atom. The van der Waals surface area contributed by atoms with Gasteiger partial charge in [0.1, 0.15) is 5.75 Å². The van der Waals surface area contributed by atoms with E-state index in [-0.39, 0.29) is 0 Å². The summed E-state index contributed by atoms with van der Waals surface area (Å²) in [6, 6.07) is 13.0. The first-order valence-corrected chi connectivity index (χ1v) is 5.95. The number of methoxy groups -OCH3 is 1. The van der Waals surface area contributed by atoms with Crippen LogP contribution in [0.1, 0.15) is 27.0 Å². The maximum absolute atomic E-state index is 10.9. The predicted molar refractivity (Wildman–Crippen MR) is 75.5 cm³/mol. The summed E-state index contributed by atoms with van der Waals surface area (Å²) in [7, 11) is 1.64. The minimum Gasteiger partial charge on any atom is -0.497 e. The van der Waals surface area contributed by atoms with E-state index in [9.17, 15) is 4.79 Å². The Kier molecular flexibility index (Phi) is 4.00. The van der Waals surface area contributed by atoms with E-state index in [1.54, 1.807) is 13.2 Å². The Bertz CT molecular complexity index is 660. The van der Waals surface area contributed by atoms with Gasteiger partial charge in [-0.25, -0.2) is 0 Å². The normalized spacial score (nSPS) is 9.37. The summed E-state index contributed by atoms with van der Waals surface area (Å²) in [6.07, 6.45) is 0.824. The van der Waals surface area contributed by atoms with Gasteiger partial charge in [0.25, 0.3) is 0 Å². The molecule has 2 aromatic carbocycles. The summed E-state index contributed by atoms with van der Waals surface area (Å²) in [5.41, 5.74) is 3.34. The summed E-state index contributed by atoms with van der Waals surface area (Å²) in [6.45, 7) is 1.98. The largest absolute Gasteiger partial charge is 0.497 e. The highest BCUT2D eigenvalue weighted by Gasteiger charge is 1.98. The maximum atomic E-state index is 10.9. The van der Waals surface area contributed by atoms with E-state index >= 15 is 0 Å². The number of carbonyl (C=O) groups is 1. The first-order valence-electron chi connectivity index (χ1n) is 5.95. The van der Waals surface area contributed by atoms with Gasteiger partial charge in [0.2, 0.25) is 0 Å². The van der Waals surface area contributed by atoms with Crippen LogP contribution in [0.15, 0.2) is 42.5 Å². The molecule has 0 aliphatic carbocycles. The van der Waals surface area contributed by atoms with Crippen LogP contribution in [-0.2, 0) is 0 Å². The van der Waals surface area contributed by atoms with E-state index in [0.717, 1.165) is 28.7 Å². The molecule has 0 aliphatic rings. The number of hydrogen-bond acceptors (Lipinski definition) is 2. The summed E-state index contributed by atoms with van der Waals surface area (Å²) in [5.74, 6) is 6.94. The molecule has 0 bridgehead atoms. The number of rotatable bonds is 2. The van der Waals surface area contributed by atoms with E-state index in [0.29, 0.717) is 5.56 Å². The van der Waals surface area contributed by atoms with E-state index in [1.807, 2.05) is 43.3 Å². The van der Waals surface area contributed by atoms with Crippen LogP contribution >= 0.6 is 0 Å². The second-order valence-electron chi connectivity index (χ2n) is 4.14. The number of ether oxygens (including phenoxy) is 1. The van der Waals surface area contributed by atoms with E-state index in [2.05, 4.69) is 11.8 Å². The van der Waals surface area contributed by atoms with Crippen LogP contribution in [0, 0.1) is 18.8 Å². The minimum atomic E-state index is 0.612. The van der Waals surface area contributed by atoms with Gasteiger partial charge in [-0.05, 0) is 36.8 Å². The lowest BCUT2D eigenvalue weighted by atomic mass is 10.1. The molecule has 2 heteroatoms. The topological polar surface area (TPSA) is 26.3 Å². The Labute approximate surface area is 113 Å². The van der Waals surface area contributed by atoms with Crippen molar-refractivity contribution in [2.45, 2.75) is 6.92 Å². The molecule has 0 aliphatic heterocycles. The van der Waals surface area contributed by atoms with Gasteiger partial charge in [0.05, 0.1) is 7.11 Å². The standard InChI is InChI=1S/C17H14O2/c1-13-11-17(19-2)10-9-14(13)7-8-15-5-3-4-6-16(15)12-18/h3-6,9-12H,1-2H3. The average molecular weight is 250 g/mol. The smallest absolute Gasteiger partial charge is 0.151 e. The van der Waals surface area contributed by atoms with Crippen molar-refractivity contribution in [3.8, 4) is 17.6 Å². The molecule has 0 aromatic heterocycles. The monoisotopic (exact) mass is 250 g/mol. The van der Waals surface area contributed by atoms with Crippen molar-refractivity contribution in [3.05, 3.63) is 64.7 Å². The highest BCUT2D eigenvalue weighted by molar-refractivity contribution is 5.79. The zero-order chi connectivity index (χ0) is 13.7. The van der Waals surface area contributed by atoms with Crippen molar-refractivity contribution in [1.29, 1.82) is 0 Å². The second kappa shape index (κ2) is 5.88. The summed E-state index contributed by atoms with van der Waals surface area (Å²) in [4.78, 5) is 10.9. The third-order valence-electron chi connectivity index (χ3n) is 2.85. The van der Waals surface area contributed by atoms with Crippen LogP contribution < -0.4 is 4.74 Å². The van der Waals surface area contributed by atoms with Crippen molar-refractivity contribution in [2.75, 3.05) is 7.11 Å². The quantitative estimate of drug-likeness (QED) is 0.604. The summed E-state index contributed by atoms with van der Waals surface area (Å²) in [5, 5.41) is 0. The van der Waals surface area contributed by atoms with Crippen molar-refractivity contribution >= 4 is 6.29 Å². The second-order valence-corrected chi connectivity index (χ2v) is 4.14. The van der Waals surface area contributed by atoms with E-state index in [4.69, 9.17) is 4.74 Å². The fourth-order valence-electron chi connectivity index (χ4n) is 1.75. The first kappa shape index (κ1) is 12.9. The summed E-state index contributed by atoms with van der Waals surface area (Å²) < 4.78 is 5.15.